The molecule has 5 nitrogen and oxygen atoms in total. The highest BCUT2D eigenvalue weighted by atomic mass is 79.9. The molecule has 0 N–H and O–H groups in total. The summed E-state index contributed by atoms with van der Waals surface area (Å²) in [6.45, 7) is 6.25. The number of rotatable bonds is 2. The second kappa shape index (κ2) is 7.50. The smallest absolute Gasteiger partial charge is 0.410 e. The van der Waals surface area contributed by atoms with E-state index in [1.54, 1.807) is 32.7 Å². The first-order valence-electron chi connectivity index (χ1n) is 7.89. The fourth-order valence-corrected chi connectivity index (χ4v) is 3.09. The topological polar surface area (TPSA) is 49.9 Å². The van der Waals surface area contributed by atoms with Crippen LogP contribution < -0.4 is 0 Å². The van der Waals surface area contributed by atoms with Gasteiger partial charge in [-0.15, -0.1) is 0 Å². The number of likely N-dealkylation sites (N-methyl/N-ethyl adjacent to an activating group) is 1. The molecule has 1 aliphatic rings. The fraction of sp³-hybridized carbons (Fsp3) is 0.529. The summed E-state index contributed by atoms with van der Waals surface area (Å²) in [4.78, 5) is 27.8. The molecule has 1 aromatic rings. The molecule has 1 aromatic carbocycles. The molecular weight excluding hydrogens is 415 g/mol. The number of likely N-dealkylation sites (tertiary alicyclic amines) is 1. The zero-order valence-corrected chi connectivity index (χ0v) is 16.9. The van der Waals surface area contributed by atoms with Gasteiger partial charge in [0, 0.05) is 24.6 Å². The third kappa shape index (κ3) is 4.85. The zero-order chi connectivity index (χ0) is 18.9. The molecule has 1 heterocycles. The first-order chi connectivity index (χ1) is 11.5. The number of benzene rings is 1. The largest absolute Gasteiger partial charge is 0.444 e. The van der Waals surface area contributed by atoms with Crippen molar-refractivity contribution in [1.29, 1.82) is 0 Å². The van der Waals surface area contributed by atoms with Gasteiger partial charge in [-0.1, -0.05) is 11.6 Å². The third-order valence-corrected chi connectivity index (χ3v) is 5.12. The number of hydrogen-bond donors (Lipinski definition) is 0. The van der Waals surface area contributed by atoms with E-state index in [0.717, 1.165) is 6.07 Å². The van der Waals surface area contributed by atoms with Crippen LogP contribution in [0.5, 0.6) is 0 Å². The highest BCUT2D eigenvalue weighted by molar-refractivity contribution is 9.10. The molecular formula is C17H21BrClFN2O3. The molecule has 1 unspecified atom stereocenters. The lowest BCUT2D eigenvalue weighted by Crippen LogP contribution is -2.41. The van der Waals surface area contributed by atoms with Gasteiger partial charge in [0.15, 0.2) is 0 Å². The maximum atomic E-state index is 14.1. The molecule has 1 saturated heterocycles. The van der Waals surface area contributed by atoms with Crippen molar-refractivity contribution in [3.63, 3.8) is 0 Å². The maximum absolute atomic E-state index is 14.1. The summed E-state index contributed by atoms with van der Waals surface area (Å²) in [5, 5.41) is 0.202. The predicted molar refractivity (Wildman–Crippen MR) is 97.4 cm³/mol. The van der Waals surface area contributed by atoms with Crippen LogP contribution in [0.1, 0.15) is 37.6 Å². The molecule has 2 rings (SSSR count). The van der Waals surface area contributed by atoms with Crippen LogP contribution in [-0.2, 0) is 4.74 Å². The van der Waals surface area contributed by atoms with E-state index in [1.165, 1.54) is 11.0 Å². The van der Waals surface area contributed by atoms with Gasteiger partial charge in [0.05, 0.1) is 16.6 Å². The second-order valence-corrected chi connectivity index (χ2v) is 8.29. The van der Waals surface area contributed by atoms with Crippen LogP contribution in [0.4, 0.5) is 9.18 Å². The Kier molecular flexibility index (Phi) is 5.99. The Morgan fingerprint density at radius 1 is 1.40 bits per heavy atom. The van der Waals surface area contributed by atoms with Gasteiger partial charge in [-0.05, 0) is 55.3 Å². The summed E-state index contributed by atoms with van der Waals surface area (Å²) in [5.41, 5.74) is -0.634. The summed E-state index contributed by atoms with van der Waals surface area (Å²) in [6.07, 6.45) is 0.203. The molecule has 0 spiro atoms. The average molecular weight is 436 g/mol. The standard InChI is InChI=1S/C17H21BrClFN2O3/c1-17(2,3)25-16(24)22-6-5-10(9-22)21(4)15(23)11-7-12(18)13(19)8-14(11)20/h7-8,10H,5-6,9H2,1-4H3. The third-order valence-electron chi connectivity index (χ3n) is 3.92. The van der Waals surface area contributed by atoms with Gasteiger partial charge in [0.25, 0.3) is 5.91 Å². The highest BCUT2D eigenvalue weighted by Gasteiger charge is 2.34. The number of nitrogens with zero attached hydrogens (tertiary/aromatic N) is 2. The molecule has 0 radical (unpaired) electrons. The summed E-state index contributed by atoms with van der Waals surface area (Å²) in [6, 6.07) is 2.28. The molecule has 1 atom stereocenters. The molecule has 0 saturated carbocycles. The normalized spacial score (nSPS) is 17.6. The van der Waals surface area contributed by atoms with Crippen molar-refractivity contribution in [2.24, 2.45) is 0 Å². The predicted octanol–water partition coefficient (Wildman–Crippen LogP) is 4.32. The van der Waals surface area contributed by atoms with Crippen LogP contribution in [0.25, 0.3) is 0 Å². The Labute approximate surface area is 160 Å². The Bertz CT molecular complexity index is 693. The maximum Gasteiger partial charge on any atom is 0.410 e. The van der Waals surface area contributed by atoms with Gasteiger partial charge in [0.2, 0.25) is 0 Å². The fourth-order valence-electron chi connectivity index (χ4n) is 2.59. The Hall–Kier alpha value is -1.34. The van der Waals surface area contributed by atoms with Crippen molar-refractivity contribution in [2.75, 3.05) is 20.1 Å². The van der Waals surface area contributed by atoms with Crippen molar-refractivity contribution >= 4 is 39.5 Å². The van der Waals surface area contributed by atoms with Crippen LogP contribution in [0.2, 0.25) is 5.02 Å². The van der Waals surface area contributed by atoms with Crippen molar-refractivity contribution in [1.82, 2.24) is 9.80 Å². The summed E-state index contributed by atoms with van der Waals surface area (Å²) >= 11 is 9.03. The monoisotopic (exact) mass is 434 g/mol. The summed E-state index contributed by atoms with van der Waals surface area (Å²) < 4.78 is 19.9. The van der Waals surface area contributed by atoms with Crippen molar-refractivity contribution < 1.29 is 18.7 Å². The molecule has 25 heavy (non-hydrogen) atoms. The first kappa shape index (κ1) is 20.0. The molecule has 0 aliphatic carbocycles. The Morgan fingerprint density at radius 3 is 2.64 bits per heavy atom. The minimum Gasteiger partial charge on any atom is -0.444 e. The number of carbonyl (C=O) groups excluding carboxylic acids is 2. The molecule has 138 valence electrons. The number of halogens is 3. The van der Waals surface area contributed by atoms with E-state index in [9.17, 15) is 14.0 Å². The summed E-state index contributed by atoms with van der Waals surface area (Å²) in [7, 11) is 1.60. The number of carbonyl (C=O) groups is 2. The lowest BCUT2D eigenvalue weighted by molar-refractivity contribution is 0.0279. The van der Waals surface area contributed by atoms with Crippen LogP contribution >= 0.6 is 27.5 Å². The van der Waals surface area contributed by atoms with Crippen LogP contribution in [-0.4, -0.2) is 53.6 Å². The summed E-state index contributed by atoms with van der Waals surface area (Å²) in [5.74, 6) is -1.13. The lowest BCUT2D eigenvalue weighted by Gasteiger charge is -2.27. The van der Waals surface area contributed by atoms with Gasteiger partial charge >= 0.3 is 6.09 Å². The van der Waals surface area contributed by atoms with Crippen molar-refractivity contribution in [3.05, 3.63) is 33.0 Å². The number of amides is 2. The van der Waals surface area contributed by atoms with Gasteiger partial charge in [-0.2, -0.15) is 0 Å². The van der Waals surface area contributed by atoms with Crippen molar-refractivity contribution in [2.45, 2.75) is 38.8 Å². The van der Waals surface area contributed by atoms with Gasteiger partial charge in [-0.3, -0.25) is 4.79 Å². The van der Waals surface area contributed by atoms with E-state index in [4.69, 9.17) is 16.3 Å². The van der Waals surface area contributed by atoms with Crippen LogP contribution in [0.15, 0.2) is 16.6 Å². The first-order valence-corrected chi connectivity index (χ1v) is 9.06. The van der Waals surface area contributed by atoms with E-state index in [0.29, 0.717) is 24.0 Å². The lowest BCUT2D eigenvalue weighted by atomic mass is 10.1. The second-order valence-electron chi connectivity index (χ2n) is 7.03. The average Bonchev–Trinajstić information content (AvgIpc) is 2.98. The van der Waals surface area contributed by atoms with Gasteiger partial charge < -0.3 is 14.5 Å². The van der Waals surface area contributed by atoms with E-state index in [-0.39, 0.29) is 16.6 Å². The molecule has 1 fully saturated rings. The number of hydrogen-bond acceptors (Lipinski definition) is 3. The minimum absolute atomic E-state index is 0.0607. The van der Waals surface area contributed by atoms with E-state index in [2.05, 4.69) is 15.9 Å². The Morgan fingerprint density at radius 2 is 2.04 bits per heavy atom. The molecule has 0 aromatic heterocycles. The van der Waals surface area contributed by atoms with Gasteiger partial charge in [-0.25, -0.2) is 9.18 Å². The van der Waals surface area contributed by atoms with E-state index < -0.39 is 23.4 Å². The van der Waals surface area contributed by atoms with Crippen LogP contribution in [0.3, 0.4) is 0 Å². The van der Waals surface area contributed by atoms with E-state index >= 15 is 0 Å². The molecule has 8 heteroatoms. The molecule has 1 aliphatic heterocycles. The van der Waals surface area contributed by atoms with Crippen LogP contribution in [0, 0.1) is 5.82 Å². The van der Waals surface area contributed by atoms with Gasteiger partial charge in [0.1, 0.15) is 11.4 Å². The zero-order valence-electron chi connectivity index (χ0n) is 14.6. The molecule has 2 amide bonds. The Balaban J connectivity index is 2.07. The van der Waals surface area contributed by atoms with E-state index in [1.807, 2.05) is 0 Å². The SMILES string of the molecule is CN(C(=O)c1cc(Br)c(Cl)cc1F)C1CCN(C(=O)OC(C)(C)C)C1. The number of ether oxygens (including phenoxy) is 1. The van der Waals surface area contributed by atoms with Crippen molar-refractivity contribution in [3.8, 4) is 0 Å². The highest BCUT2D eigenvalue weighted by Crippen LogP contribution is 2.27. The molecule has 0 bridgehead atoms. The quantitative estimate of drug-likeness (QED) is 0.650. The minimum atomic E-state index is -0.674.